The van der Waals surface area contributed by atoms with Crippen LogP contribution in [0.3, 0.4) is 0 Å². The number of nitrogens with zero attached hydrogens (tertiary/aromatic N) is 1. The van der Waals surface area contributed by atoms with Crippen molar-refractivity contribution in [2.24, 2.45) is 5.92 Å². The molecular formula is C20H19F4N3. The van der Waals surface area contributed by atoms with Crippen molar-refractivity contribution in [1.82, 2.24) is 5.32 Å². The number of alkyl halides is 3. The highest BCUT2D eigenvalue weighted by Gasteiger charge is 2.40. The van der Waals surface area contributed by atoms with Crippen molar-refractivity contribution < 1.29 is 17.6 Å². The molecule has 0 spiro atoms. The summed E-state index contributed by atoms with van der Waals surface area (Å²) in [6, 6.07) is 6.39. The van der Waals surface area contributed by atoms with Crippen molar-refractivity contribution in [2.45, 2.75) is 18.5 Å². The van der Waals surface area contributed by atoms with E-state index >= 15 is 0 Å². The zero-order valence-electron chi connectivity index (χ0n) is 14.5. The molecule has 0 aromatic heterocycles. The molecule has 0 amide bonds. The second-order valence-electron chi connectivity index (χ2n) is 7.61. The molecule has 0 aliphatic carbocycles. The molecule has 2 atom stereocenters. The third-order valence-corrected chi connectivity index (χ3v) is 5.95. The summed E-state index contributed by atoms with van der Waals surface area (Å²) in [6.45, 7) is 3.90. The Morgan fingerprint density at radius 3 is 2.78 bits per heavy atom. The van der Waals surface area contributed by atoms with E-state index in [0.29, 0.717) is 17.5 Å². The fourth-order valence-electron chi connectivity index (χ4n) is 4.72. The summed E-state index contributed by atoms with van der Waals surface area (Å²) >= 11 is 0. The van der Waals surface area contributed by atoms with E-state index in [-0.39, 0.29) is 5.69 Å². The highest BCUT2D eigenvalue weighted by Crippen LogP contribution is 2.47. The third kappa shape index (κ3) is 2.76. The number of halogens is 4. The van der Waals surface area contributed by atoms with Gasteiger partial charge in [-0.2, -0.15) is 13.2 Å². The van der Waals surface area contributed by atoms with Crippen molar-refractivity contribution in [3.8, 4) is 0 Å². The van der Waals surface area contributed by atoms with E-state index < -0.39 is 17.6 Å². The molecule has 0 bridgehead atoms. The third-order valence-electron chi connectivity index (χ3n) is 5.95. The Morgan fingerprint density at radius 2 is 1.96 bits per heavy atom. The fourth-order valence-corrected chi connectivity index (χ4v) is 4.72. The standard InChI is InChI=1S/C20H19F4N3/c21-17-2-1-13(20(22,23)24)6-18(17)26-14-5-11-3-4-27-10-12-8-25-9-16(12)15(7-14)19(11)27/h1-2,5-7,12,16,25-26H,3-4,8-10H2/t12-,16-/m1/s1. The first-order valence-corrected chi connectivity index (χ1v) is 9.16. The molecule has 27 heavy (non-hydrogen) atoms. The number of anilines is 3. The molecule has 1 fully saturated rings. The minimum atomic E-state index is -4.50. The van der Waals surface area contributed by atoms with Gasteiger partial charge in [-0.15, -0.1) is 0 Å². The molecule has 3 aliphatic heterocycles. The monoisotopic (exact) mass is 377 g/mol. The van der Waals surface area contributed by atoms with E-state index in [1.807, 2.05) is 12.1 Å². The number of fused-ring (bicyclic) bond motifs is 2. The van der Waals surface area contributed by atoms with Gasteiger partial charge in [0.15, 0.2) is 0 Å². The molecule has 1 saturated heterocycles. The lowest BCUT2D eigenvalue weighted by atomic mass is 9.83. The van der Waals surface area contributed by atoms with Crippen molar-refractivity contribution in [2.75, 3.05) is 36.4 Å². The predicted octanol–water partition coefficient (Wildman–Crippen LogP) is 4.27. The van der Waals surface area contributed by atoms with Crippen LogP contribution in [-0.4, -0.2) is 26.2 Å². The van der Waals surface area contributed by atoms with Gasteiger partial charge in [0.1, 0.15) is 5.82 Å². The Kier molecular flexibility index (Phi) is 3.66. The van der Waals surface area contributed by atoms with Crippen molar-refractivity contribution in [1.29, 1.82) is 0 Å². The lowest BCUT2D eigenvalue weighted by Crippen LogP contribution is -2.35. The van der Waals surface area contributed by atoms with E-state index in [9.17, 15) is 17.6 Å². The van der Waals surface area contributed by atoms with E-state index in [2.05, 4.69) is 15.5 Å². The zero-order valence-corrected chi connectivity index (χ0v) is 14.5. The number of hydrogen-bond acceptors (Lipinski definition) is 3. The first kappa shape index (κ1) is 16.9. The van der Waals surface area contributed by atoms with Gasteiger partial charge in [-0.05, 0) is 53.8 Å². The first-order chi connectivity index (χ1) is 12.9. The minimum Gasteiger partial charge on any atom is -0.370 e. The number of rotatable bonds is 2. The second kappa shape index (κ2) is 5.86. The Morgan fingerprint density at radius 1 is 1.11 bits per heavy atom. The topological polar surface area (TPSA) is 27.3 Å². The normalized spacial score (nSPS) is 23.3. The van der Waals surface area contributed by atoms with Crippen LogP contribution in [0.2, 0.25) is 0 Å². The van der Waals surface area contributed by atoms with Gasteiger partial charge >= 0.3 is 6.18 Å². The fraction of sp³-hybridized carbons (Fsp3) is 0.400. The van der Waals surface area contributed by atoms with Gasteiger partial charge in [-0.3, -0.25) is 0 Å². The van der Waals surface area contributed by atoms with Gasteiger partial charge in [-0.25, -0.2) is 4.39 Å². The van der Waals surface area contributed by atoms with Crippen LogP contribution < -0.4 is 15.5 Å². The lowest BCUT2D eigenvalue weighted by molar-refractivity contribution is -0.137. The second-order valence-corrected chi connectivity index (χ2v) is 7.61. The van der Waals surface area contributed by atoms with Crippen LogP contribution in [0.5, 0.6) is 0 Å². The van der Waals surface area contributed by atoms with E-state index in [4.69, 9.17) is 0 Å². The quantitative estimate of drug-likeness (QED) is 0.766. The highest BCUT2D eigenvalue weighted by atomic mass is 19.4. The molecule has 0 unspecified atom stereocenters. The Bertz CT molecular complexity index is 909. The van der Waals surface area contributed by atoms with Crippen molar-refractivity contribution in [3.05, 3.63) is 52.8 Å². The molecule has 0 saturated carbocycles. The van der Waals surface area contributed by atoms with Gasteiger partial charge in [0.25, 0.3) is 0 Å². The van der Waals surface area contributed by atoms with Gasteiger partial charge in [-0.1, -0.05) is 0 Å². The summed E-state index contributed by atoms with van der Waals surface area (Å²) in [4.78, 5) is 2.41. The minimum absolute atomic E-state index is 0.149. The summed E-state index contributed by atoms with van der Waals surface area (Å²) in [5.41, 5.74) is 3.32. The van der Waals surface area contributed by atoms with Crippen LogP contribution in [0.15, 0.2) is 30.3 Å². The number of benzene rings is 2. The molecule has 0 radical (unpaired) electrons. The first-order valence-electron chi connectivity index (χ1n) is 9.16. The average Bonchev–Trinajstić information content (AvgIpc) is 3.24. The maximum atomic E-state index is 14.1. The summed E-state index contributed by atoms with van der Waals surface area (Å²) in [6.07, 6.45) is -3.59. The molecule has 3 nitrogen and oxygen atoms in total. The molecule has 142 valence electrons. The predicted molar refractivity (Wildman–Crippen MR) is 96.1 cm³/mol. The molecule has 3 heterocycles. The van der Waals surface area contributed by atoms with Crippen molar-refractivity contribution >= 4 is 17.1 Å². The summed E-state index contributed by atoms with van der Waals surface area (Å²) in [5, 5.41) is 6.33. The van der Waals surface area contributed by atoms with E-state index in [1.165, 1.54) is 16.8 Å². The summed E-state index contributed by atoms with van der Waals surface area (Å²) in [7, 11) is 0. The Labute approximate surface area is 154 Å². The Hall–Kier alpha value is -2.28. The van der Waals surface area contributed by atoms with E-state index in [1.54, 1.807) is 0 Å². The molecule has 2 aromatic rings. The molecule has 2 aromatic carbocycles. The van der Waals surface area contributed by atoms with Crippen LogP contribution in [0.25, 0.3) is 0 Å². The zero-order chi connectivity index (χ0) is 18.8. The molecule has 5 rings (SSSR count). The average molecular weight is 377 g/mol. The van der Waals surface area contributed by atoms with Crippen LogP contribution in [0.4, 0.5) is 34.6 Å². The van der Waals surface area contributed by atoms with Gasteiger partial charge in [0.05, 0.1) is 11.3 Å². The van der Waals surface area contributed by atoms with E-state index in [0.717, 1.165) is 50.8 Å². The maximum absolute atomic E-state index is 14.1. The Balaban J connectivity index is 1.54. The number of hydrogen-bond donors (Lipinski definition) is 2. The van der Waals surface area contributed by atoms with Gasteiger partial charge < -0.3 is 15.5 Å². The smallest absolute Gasteiger partial charge is 0.370 e. The lowest BCUT2D eigenvalue weighted by Gasteiger charge is -2.35. The summed E-state index contributed by atoms with van der Waals surface area (Å²) < 4.78 is 53.1. The molecular weight excluding hydrogens is 358 g/mol. The van der Waals surface area contributed by atoms with Gasteiger partial charge in [0, 0.05) is 43.5 Å². The van der Waals surface area contributed by atoms with Crippen molar-refractivity contribution in [3.63, 3.8) is 0 Å². The largest absolute Gasteiger partial charge is 0.416 e. The summed E-state index contributed by atoms with van der Waals surface area (Å²) in [5.74, 6) is 0.254. The highest BCUT2D eigenvalue weighted by molar-refractivity contribution is 5.74. The molecule has 3 aliphatic rings. The van der Waals surface area contributed by atoms with Crippen LogP contribution >= 0.6 is 0 Å². The maximum Gasteiger partial charge on any atom is 0.416 e. The van der Waals surface area contributed by atoms with Crippen LogP contribution in [0, 0.1) is 11.7 Å². The van der Waals surface area contributed by atoms with Crippen LogP contribution in [-0.2, 0) is 12.6 Å². The molecule has 7 heteroatoms. The van der Waals surface area contributed by atoms with Gasteiger partial charge in [0.2, 0.25) is 0 Å². The number of nitrogens with one attached hydrogen (secondary N) is 2. The van der Waals surface area contributed by atoms with Crippen LogP contribution in [0.1, 0.15) is 22.6 Å². The molecule has 2 N–H and O–H groups in total. The SMILES string of the molecule is Fc1ccc(C(F)(F)F)cc1Nc1cc2c3c(c1)[C@@H]1CNC[C@@H]1CN3CC2.